The molecule has 2 aromatic heterocycles. The number of imide groups is 1. The van der Waals surface area contributed by atoms with Gasteiger partial charge in [0.1, 0.15) is 0 Å². The maximum atomic E-state index is 12.4. The Hall–Kier alpha value is -3.94. The van der Waals surface area contributed by atoms with Crippen molar-refractivity contribution in [3.05, 3.63) is 78.1 Å². The Balaban J connectivity index is 1.56. The quantitative estimate of drug-likeness (QED) is 0.727. The van der Waals surface area contributed by atoms with Crippen molar-refractivity contribution in [1.82, 2.24) is 15.0 Å². The molecule has 4 rings (SSSR count). The van der Waals surface area contributed by atoms with Gasteiger partial charge in [-0.05, 0) is 36.4 Å². The van der Waals surface area contributed by atoms with E-state index in [4.69, 9.17) is 0 Å². The van der Waals surface area contributed by atoms with E-state index in [0.717, 1.165) is 4.90 Å². The summed E-state index contributed by atoms with van der Waals surface area (Å²) in [6.45, 7) is 0. The number of anilines is 2. The Labute approximate surface area is 147 Å². The standard InChI is InChI=1S/C18H11N5O3/c24-16(22-12-2-1-7-19-10-12)11-3-5-13(6-4-11)23-17(25)14-15(18(23)26)21-9-8-20-14/h1-10H,(H,22,24). The van der Waals surface area contributed by atoms with Crippen molar-refractivity contribution in [2.75, 3.05) is 10.2 Å². The zero-order chi connectivity index (χ0) is 18.1. The van der Waals surface area contributed by atoms with Crippen molar-refractivity contribution in [3.63, 3.8) is 0 Å². The average Bonchev–Trinajstić information content (AvgIpc) is 2.94. The van der Waals surface area contributed by atoms with Crippen LogP contribution in [-0.2, 0) is 0 Å². The van der Waals surface area contributed by atoms with Gasteiger partial charge in [0.25, 0.3) is 17.7 Å². The highest BCUT2D eigenvalue weighted by molar-refractivity contribution is 6.33. The second kappa shape index (κ2) is 6.17. The molecular weight excluding hydrogens is 334 g/mol. The molecule has 3 amide bonds. The first kappa shape index (κ1) is 15.6. The fourth-order valence-electron chi connectivity index (χ4n) is 2.59. The van der Waals surface area contributed by atoms with E-state index >= 15 is 0 Å². The van der Waals surface area contributed by atoms with Crippen LogP contribution >= 0.6 is 0 Å². The van der Waals surface area contributed by atoms with Crippen LogP contribution in [0.5, 0.6) is 0 Å². The van der Waals surface area contributed by atoms with E-state index in [1.54, 1.807) is 18.3 Å². The Morgan fingerprint density at radius 2 is 1.54 bits per heavy atom. The van der Waals surface area contributed by atoms with Gasteiger partial charge in [-0.3, -0.25) is 19.4 Å². The van der Waals surface area contributed by atoms with Crippen molar-refractivity contribution < 1.29 is 14.4 Å². The lowest BCUT2D eigenvalue weighted by atomic mass is 10.2. The highest BCUT2D eigenvalue weighted by Gasteiger charge is 2.39. The first-order valence-electron chi connectivity index (χ1n) is 7.66. The van der Waals surface area contributed by atoms with Crippen molar-refractivity contribution >= 4 is 29.1 Å². The van der Waals surface area contributed by atoms with Gasteiger partial charge in [-0.25, -0.2) is 14.9 Å². The molecule has 1 aliphatic heterocycles. The molecule has 1 aromatic carbocycles. The number of amides is 3. The average molecular weight is 345 g/mol. The number of pyridine rings is 1. The summed E-state index contributed by atoms with van der Waals surface area (Å²) in [5.74, 6) is -1.40. The molecule has 8 heteroatoms. The minimum absolute atomic E-state index is 0.0240. The summed E-state index contributed by atoms with van der Waals surface area (Å²) in [6, 6.07) is 9.55. The number of carbonyl (C=O) groups excluding carboxylic acids is 3. The lowest BCUT2D eigenvalue weighted by molar-refractivity contribution is 0.0922. The monoisotopic (exact) mass is 345 g/mol. The van der Waals surface area contributed by atoms with Crippen LogP contribution in [0.25, 0.3) is 0 Å². The molecule has 1 N–H and O–H groups in total. The van der Waals surface area contributed by atoms with E-state index in [1.807, 2.05) is 0 Å². The van der Waals surface area contributed by atoms with Crippen molar-refractivity contribution in [3.8, 4) is 0 Å². The van der Waals surface area contributed by atoms with Crippen LogP contribution in [0.15, 0.2) is 61.2 Å². The van der Waals surface area contributed by atoms with Crippen LogP contribution < -0.4 is 10.2 Å². The van der Waals surface area contributed by atoms with Gasteiger partial charge in [-0.15, -0.1) is 0 Å². The number of rotatable bonds is 3. The molecule has 3 heterocycles. The Morgan fingerprint density at radius 1 is 0.885 bits per heavy atom. The molecule has 0 aliphatic carbocycles. The molecule has 126 valence electrons. The summed E-state index contributed by atoms with van der Waals surface area (Å²) in [5.41, 5.74) is 1.34. The van der Waals surface area contributed by atoms with E-state index in [9.17, 15) is 14.4 Å². The van der Waals surface area contributed by atoms with E-state index in [-0.39, 0.29) is 17.3 Å². The van der Waals surface area contributed by atoms with Gasteiger partial charge in [0.15, 0.2) is 11.4 Å². The van der Waals surface area contributed by atoms with Crippen LogP contribution in [0.4, 0.5) is 11.4 Å². The largest absolute Gasteiger partial charge is 0.321 e. The molecule has 8 nitrogen and oxygen atoms in total. The second-order valence-electron chi connectivity index (χ2n) is 5.44. The molecule has 0 fully saturated rings. The van der Waals surface area contributed by atoms with Gasteiger partial charge < -0.3 is 5.32 Å². The molecule has 0 saturated heterocycles. The van der Waals surface area contributed by atoms with Crippen LogP contribution in [-0.4, -0.2) is 32.7 Å². The summed E-state index contributed by atoms with van der Waals surface area (Å²) in [6.07, 6.45) is 5.86. The molecule has 1 aliphatic rings. The van der Waals surface area contributed by atoms with Crippen LogP contribution in [0, 0.1) is 0 Å². The summed E-state index contributed by atoms with van der Waals surface area (Å²) < 4.78 is 0. The Bertz CT molecular complexity index is 984. The minimum Gasteiger partial charge on any atom is -0.321 e. The van der Waals surface area contributed by atoms with Crippen molar-refractivity contribution in [1.29, 1.82) is 0 Å². The van der Waals surface area contributed by atoms with Crippen LogP contribution in [0.3, 0.4) is 0 Å². The van der Waals surface area contributed by atoms with Gasteiger partial charge in [0, 0.05) is 24.2 Å². The lowest BCUT2D eigenvalue weighted by Gasteiger charge is -2.13. The molecule has 0 saturated carbocycles. The smallest absolute Gasteiger partial charge is 0.286 e. The number of benzene rings is 1. The molecule has 0 radical (unpaired) electrons. The van der Waals surface area contributed by atoms with E-state index in [1.165, 1.54) is 42.9 Å². The van der Waals surface area contributed by atoms with E-state index in [0.29, 0.717) is 16.9 Å². The zero-order valence-electron chi connectivity index (χ0n) is 13.3. The number of hydrogen-bond acceptors (Lipinski definition) is 6. The van der Waals surface area contributed by atoms with E-state index in [2.05, 4.69) is 20.3 Å². The number of aromatic nitrogens is 3. The predicted molar refractivity (Wildman–Crippen MR) is 91.8 cm³/mol. The summed E-state index contributed by atoms with van der Waals surface area (Å²) >= 11 is 0. The molecule has 0 atom stereocenters. The molecule has 3 aromatic rings. The number of carbonyl (C=O) groups is 3. The first-order chi connectivity index (χ1) is 12.6. The third-order valence-electron chi connectivity index (χ3n) is 3.82. The van der Waals surface area contributed by atoms with E-state index < -0.39 is 11.8 Å². The zero-order valence-corrected chi connectivity index (χ0v) is 13.3. The van der Waals surface area contributed by atoms with Gasteiger partial charge in [0.05, 0.1) is 17.6 Å². The SMILES string of the molecule is O=C(Nc1cccnc1)c1ccc(N2C(=O)c3nccnc3C2=O)cc1. The third kappa shape index (κ3) is 2.59. The second-order valence-corrected chi connectivity index (χ2v) is 5.44. The molecule has 26 heavy (non-hydrogen) atoms. The number of nitrogens with one attached hydrogen (secondary N) is 1. The molecule has 0 bridgehead atoms. The van der Waals surface area contributed by atoms with Crippen LogP contribution in [0.1, 0.15) is 31.3 Å². The van der Waals surface area contributed by atoms with Crippen LogP contribution in [0.2, 0.25) is 0 Å². The third-order valence-corrected chi connectivity index (χ3v) is 3.82. The highest BCUT2D eigenvalue weighted by Crippen LogP contribution is 2.26. The topological polar surface area (TPSA) is 105 Å². The fraction of sp³-hybridized carbons (Fsp3) is 0. The molecule has 0 spiro atoms. The van der Waals surface area contributed by atoms with Gasteiger partial charge in [-0.2, -0.15) is 0 Å². The van der Waals surface area contributed by atoms with Crippen molar-refractivity contribution in [2.45, 2.75) is 0 Å². The number of hydrogen-bond donors (Lipinski definition) is 1. The Kier molecular flexibility index (Phi) is 3.70. The predicted octanol–water partition coefficient (Wildman–Crippen LogP) is 1.92. The summed E-state index contributed by atoms with van der Waals surface area (Å²) in [5, 5.41) is 2.71. The molecule has 0 unspecified atom stereocenters. The summed E-state index contributed by atoms with van der Waals surface area (Å²) in [4.78, 5) is 49.8. The maximum Gasteiger partial charge on any atom is 0.286 e. The maximum absolute atomic E-state index is 12.4. The van der Waals surface area contributed by atoms with Gasteiger partial charge >= 0.3 is 0 Å². The van der Waals surface area contributed by atoms with Crippen molar-refractivity contribution in [2.24, 2.45) is 0 Å². The fourth-order valence-corrected chi connectivity index (χ4v) is 2.59. The number of nitrogens with zero attached hydrogens (tertiary/aromatic N) is 4. The van der Waals surface area contributed by atoms with Gasteiger partial charge in [0.2, 0.25) is 0 Å². The first-order valence-corrected chi connectivity index (χ1v) is 7.66. The normalized spacial score (nSPS) is 12.8. The lowest BCUT2D eigenvalue weighted by Crippen LogP contribution is -2.29. The highest BCUT2D eigenvalue weighted by atomic mass is 16.2. The van der Waals surface area contributed by atoms with Gasteiger partial charge in [-0.1, -0.05) is 0 Å². The Morgan fingerprint density at radius 3 is 2.12 bits per heavy atom. The summed E-state index contributed by atoms with van der Waals surface area (Å²) in [7, 11) is 0. The number of fused-ring (bicyclic) bond motifs is 1. The minimum atomic E-state index is -0.536. The molecular formula is C18H11N5O3.